The van der Waals surface area contributed by atoms with Crippen LogP contribution in [0, 0.1) is 13.8 Å². The summed E-state index contributed by atoms with van der Waals surface area (Å²) in [6.45, 7) is 5.04. The quantitative estimate of drug-likeness (QED) is 0.678. The number of amides is 1. The average molecular weight is 386 g/mol. The van der Waals surface area contributed by atoms with Crippen molar-refractivity contribution in [1.82, 2.24) is 14.5 Å². The van der Waals surface area contributed by atoms with Crippen LogP contribution in [0.5, 0.6) is 0 Å². The minimum Gasteiger partial charge on any atom is -0.340 e. The zero-order valence-electron chi connectivity index (χ0n) is 14.1. The fraction of sp³-hybridized carbons (Fsp3) is 0.263. The summed E-state index contributed by atoms with van der Waals surface area (Å²) in [6, 6.07) is 12.2. The number of carbonyl (C=O) groups is 1. The lowest BCUT2D eigenvalue weighted by atomic mass is 10.1. The highest BCUT2D eigenvalue weighted by Crippen LogP contribution is 2.18. The number of hydrogen-bond acceptors (Lipinski definition) is 2. The van der Waals surface area contributed by atoms with E-state index in [1.807, 2.05) is 35.9 Å². The fourth-order valence-electron chi connectivity index (χ4n) is 2.66. The molecule has 1 amide bonds. The summed E-state index contributed by atoms with van der Waals surface area (Å²) in [5, 5.41) is 0. The number of aryl methyl sites for hydroxylation is 2. The van der Waals surface area contributed by atoms with Gasteiger partial charge in [0, 0.05) is 18.1 Å². The molecule has 5 heteroatoms. The second-order valence-corrected chi connectivity index (χ2v) is 7.09. The second kappa shape index (κ2) is 6.77. The Hall–Kier alpha value is -2.14. The molecule has 2 aromatic carbocycles. The van der Waals surface area contributed by atoms with Gasteiger partial charge in [-0.05, 0) is 54.8 Å². The van der Waals surface area contributed by atoms with Gasteiger partial charge in [-0.2, -0.15) is 0 Å². The number of likely N-dealkylation sites (N-methyl/N-ethyl adjacent to an activating group) is 1. The Morgan fingerprint density at radius 2 is 1.83 bits per heavy atom. The van der Waals surface area contributed by atoms with E-state index in [9.17, 15) is 4.79 Å². The van der Waals surface area contributed by atoms with Gasteiger partial charge in [-0.3, -0.25) is 4.79 Å². The minimum atomic E-state index is 0.0652. The Morgan fingerprint density at radius 3 is 2.54 bits per heavy atom. The van der Waals surface area contributed by atoms with Gasteiger partial charge >= 0.3 is 0 Å². The summed E-state index contributed by atoms with van der Waals surface area (Å²) in [6.07, 6.45) is 1.74. The van der Waals surface area contributed by atoms with Crippen LogP contribution in [-0.2, 0) is 17.9 Å². The zero-order chi connectivity index (χ0) is 17.3. The smallest absolute Gasteiger partial charge is 0.242 e. The first-order valence-electron chi connectivity index (χ1n) is 7.84. The highest BCUT2D eigenvalue weighted by molar-refractivity contribution is 9.10. The van der Waals surface area contributed by atoms with Gasteiger partial charge in [0.05, 0.1) is 17.4 Å². The second-order valence-electron chi connectivity index (χ2n) is 6.17. The first kappa shape index (κ1) is 16.7. The van der Waals surface area contributed by atoms with Gasteiger partial charge in [0.2, 0.25) is 5.91 Å². The summed E-state index contributed by atoms with van der Waals surface area (Å²) in [7, 11) is 1.83. The Kier molecular flexibility index (Phi) is 4.71. The molecule has 3 aromatic rings. The number of aromatic nitrogens is 2. The third-order valence-corrected chi connectivity index (χ3v) is 4.83. The number of hydrogen-bond donors (Lipinski definition) is 0. The molecule has 0 atom stereocenters. The molecule has 0 radical (unpaired) electrons. The maximum atomic E-state index is 12.5. The van der Waals surface area contributed by atoms with Crippen LogP contribution in [0.3, 0.4) is 0 Å². The van der Waals surface area contributed by atoms with Gasteiger partial charge in [-0.15, -0.1) is 0 Å². The van der Waals surface area contributed by atoms with E-state index in [1.165, 1.54) is 11.1 Å². The molecular weight excluding hydrogens is 366 g/mol. The molecule has 0 bridgehead atoms. The van der Waals surface area contributed by atoms with E-state index >= 15 is 0 Å². The lowest BCUT2D eigenvalue weighted by Gasteiger charge is -2.18. The number of nitrogens with zero attached hydrogens (tertiary/aromatic N) is 3. The summed E-state index contributed by atoms with van der Waals surface area (Å²) < 4.78 is 2.96. The molecule has 0 unspecified atom stereocenters. The summed E-state index contributed by atoms with van der Waals surface area (Å²) in [5.74, 6) is 0.0652. The molecule has 24 heavy (non-hydrogen) atoms. The van der Waals surface area contributed by atoms with Crippen molar-refractivity contribution in [3.05, 3.63) is 63.9 Å². The molecule has 0 N–H and O–H groups in total. The van der Waals surface area contributed by atoms with Crippen molar-refractivity contribution in [2.75, 3.05) is 7.05 Å². The number of imidazole rings is 1. The van der Waals surface area contributed by atoms with Crippen molar-refractivity contribution in [1.29, 1.82) is 0 Å². The Morgan fingerprint density at radius 1 is 1.17 bits per heavy atom. The molecule has 1 heterocycles. The van der Waals surface area contributed by atoms with Crippen molar-refractivity contribution in [3.63, 3.8) is 0 Å². The molecule has 4 nitrogen and oxygen atoms in total. The molecular formula is C19H20BrN3O. The van der Waals surface area contributed by atoms with E-state index in [0.717, 1.165) is 21.1 Å². The highest BCUT2D eigenvalue weighted by atomic mass is 79.9. The number of fused-ring (bicyclic) bond motifs is 1. The summed E-state index contributed by atoms with van der Waals surface area (Å²) in [5.41, 5.74) is 5.47. The highest BCUT2D eigenvalue weighted by Gasteiger charge is 2.13. The van der Waals surface area contributed by atoms with Gasteiger partial charge in [0.25, 0.3) is 0 Å². The summed E-state index contributed by atoms with van der Waals surface area (Å²) in [4.78, 5) is 18.7. The van der Waals surface area contributed by atoms with E-state index in [1.54, 1.807) is 11.2 Å². The minimum absolute atomic E-state index is 0.0652. The molecule has 0 saturated carbocycles. The van der Waals surface area contributed by atoms with Crippen LogP contribution in [0.25, 0.3) is 11.0 Å². The predicted octanol–water partition coefficient (Wildman–Crippen LogP) is 4.07. The molecule has 0 fully saturated rings. The van der Waals surface area contributed by atoms with Gasteiger partial charge in [-0.25, -0.2) is 4.98 Å². The van der Waals surface area contributed by atoms with Gasteiger partial charge in [0.1, 0.15) is 6.54 Å². The van der Waals surface area contributed by atoms with Crippen molar-refractivity contribution < 1.29 is 4.79 Å². The lowest BCUT2D eigenvalue weighted by molar-refractivity contribution is -0.131. The molecule has 1 aromatic heterocycles. The molecule has 0 aliphatic heterocycles. The third-order valence-electron chi connectivity index (χ3n) is 4.30. The van der Waals surface area contributed by atoms with Crippen LogP contribution < -0.4 is 0 Å². The van der Waals surface area contributed by atoms with E-state index in [2.05, 4.69) is 46.9 Å². The van der Waals surface area contributed by atoms with Crippen molar-refractivity contribution in [2.45, 2.75) is 26.9 Å². The van der Waals surface area contributed by atoms with Crippen LogP contribution in [0.1, 0.15) is 16.7 Å². The fourth-order valence-corrected chi connectivity index (χ4v) is 2.92. The maximum Gasteiger partial charge on any atom is 0.242 e. The molecule has 3 rings (SSSR count). The topological polar surface area (TPSA) is 38.1 Å². The van der Waals surface area contributed by atoms with Crippen LogP contribution in [0.2, 0.25) is 0 Å². The summed E-state index contributed by atoms with van der Waals surface area (Å²) >= 11 is 3.42. The first-order valence-corrected chi connectivity index (χ1v) is 8.64. The average Bonchev–Trinajstić information content (AvgIpc) is 2.92. The largest absolute Gasteiger partial charge is 0.340 e. The number of benzene rings is 2. The van der Waals surface area contributed by atoms with E-state index in [4.69, 9.17) is 0 Å². The first-order chi connectivity index (χ1) is 11.4. The lowest BCUT2D eigenvalue weighted by Crippen LogP contribution is -2.29. The molecule has 0 spiro atoms. The van der Waals surface area contributed by atoms with Crippen molar-refractivity contribution in [3.8, 4) is 0 Å². The van der Waals surface area contributed by atoms with E-state index in [-0.39, 0.29) is 5.91 Å². The van der Waals surface area contributed by atoms with Crippen LogP contribution in [0.4, 0.5) is 0 Å². The SMILES string of the molecule is Cc1cc2ncn(CC(=O)N(C)Cc3ccc(Br)cc3)c2cc1C. The maximum absolute atomic E-state index is 12.5. The Balaban J connectivity index is 1.74. The number of rotatable bonds is 4. The van der Waals surface area contributed by atoms with Gasteiger partial charge < -0.3 is 9.47 Å². The van der Waals surface area contributed by atoms with Gasteiger partial charge in [0.15, 0.2) is 0 Å². The molecule has 0 saturated heterocycles. The van der Waals surface area contributed by atoms with Crippen LogP contribution >= 0.6 is 15.9 Å². The van der Waals surface area contributed by atoms with Crippen molar-refractivity contribution >= 4 is 32.9 Å². The Bertz CT molecular complexity index is 884. The zero-order valence-corrected chi connectivity index (χ0v) is 15.7. The third kappa shape index (κ3) is 3.51. The molecule has 124 valence electrons. The normalized spacial score (nSPS) is 11.0. The van der Waals surface area contributed by atoms with E-state index < -0.39 is 0 Å². The van der Waals surface area contributed by atoms with Crippen LogP contribution in [0.15, 0.2) is 47.2 Å². The van der Waals surface area contributed by atoms with Crippen molar-refractivity contribution in [2.24, 2.45) is 0 Å². The molecule has 0 aliphatic rings. The standard InChI is InChI=1S/C19H20BrN3O/c1-13-8-17-18(9-14(13)2)23(12-21-17)11-19(24)22(3)10-15-4-6-16(20)7-5-15/h4-9,12H,10-11H2,1-3H3. The predicted molar refractivity (Wildman–Crippen MR) is 99.8 cm³/mol. The number of halogens is 1. The monoisotopic (exact) mass is 385 g/mol. The Labute approximate surface area is 150 Å². The number of carbonyl (C=O) groups excluding carboxylic acids is 1. The van der Waals surface area contributed by atoms with Gasteiger partial charge in [-0.1, -0.05) is 28.1 Å². The molecule has 0 aliphatic carbocycles. The van der Waals surface area contributed by atoms with Crippen LogP contribution in [-0.4, -0.2) is 27.4 Å². The van der Waals surface area contributed by atoms with E-state index in [0.29, 0.717) is 13.1 Å².